The van der Waals surface area contributed by atoms with E-state index in [1.807, 2.05) is 17.7 Å². The summed E-state index contributed by atoms with van der Waals surface area (Å²) in [5, 5.41) is 2.87. The molecule has 0 aliphatic heterocycles. The van der Waals surface area contributed by atoms with Crippen molar-refractivity contribution in [1.82, 2.24) is 9.55 Å². The number of methoxy groups -OCH3 is 2. The van der Waals surface area contributed by atoms with Crippen LogP contribution in [0, 0.1) is 0 Å². The van der Waals surface area contributed by atoms with Crippen molar-refractivity contribution in [3.05, 3.63) is 47.8 Å². The Bertz CT molecular complexity index is 931. The van der Waals surface area contributed by atoms with Crippen LogP contribution < -0.4 is 14.8 Å². The van der Waals surface area contributed by atoms with E-state index in [2.05, 4.69) is 17.2 Å². The highest BCUT2D eigenvalue weighted by molar-refractivity contribution is 6.06. The maximum absolute atomic E-state index is 12.6. The third kappa shape index (κ3) is 3.15. The fraction of sp³-hybridized carbons (Fsp3) is 0.263. The normalized spacial score (nSPS) is 10.7. The molecule has 25 heavy (non-hydrogen) atoms. The Balaban J connectivity index is 1.92. The third-order valence-electron chi connectivity index (χ3n) is 4.21. The number of nitrogens with one attached hydrogen (secondary N) is 1. The molecular weight excluding hydrogens is 318 g/mol. The molecule has 0 aliphatic carbocycles. The second kappa shape index (κ2) is 6.84. The van der Waals surface area contributed by atoms with Crippen molar-refractivity contribution in [2.45, 2.75) is 13.3 Å². The van der Waals surface area contributed by atoms with Gasteiger partial charge in [0.15, 0.2) is 0 Å². The Labute approximate surface area is 146 Å². The molecule has 2 aromatic carbocycles. The van der Waals surface area contributed by atoms with Crippen molar-refractivity contribution in [2.24, 2.45) is 7.05 Å². The number of hydrogen-bond donors (Lipinski definition) is 1. The van der Waals surface area contributed by atoms with Crippen LogP contribution in [-0.2, 0) is 13.5 Å². The zero-order chi connectivity index (χ0) is 18.0. The summed E-state index contributed by atoms with van der Waals surface area (Å²) in [5.74, 6) is 1.98. The molecule has 0 atom stereocenters. The first-order valence-electron chi connectivity index (χ1n) is 8.06. The third-order valence-corrected chi connectivity index (χ3v) is 4.21. The van der Waals surface area contributed by atoms with Gasteiger partial charge < -0.3 is 19.4 Å². The number of amides is 1. The van der Waals surface area contributed by atoms with Crippen molar-refractivity contribution in [3.63, 3.8) is 0 Å². The van der Waals surface area contributed by atoms with E-state index in [-0.39, 0.29) is 5.91 Å². The monoisotopic (exact) mass is 339 g/mol. The molecule has 1 amide bonds. The Morgan fingerprint density at radius 3 is 2.64 bits per heavy atom. The summed E-state index contributed by atoms with van der Waals surface area (Å²) in [4.78, 5) is 17.2. The van der Waals surface area contributed by atoms with Gasteiger partial charge in [-0.25, -0.2) is 4.98 Å². The maximum atomic E-state index is 12.6. The quantitative estimate of drug-likeness (QED) is 0.774. The van der Waals surface area contributed by atoms with Crippen LogP contribution in [0.15, 0.2) is 36.4 Å². The van der Waals surface area contributed by atoms with Gasteiger partial charge in [-0.05, 0) is 30.3 Å². The van der Waals surface area contributed by atoms with Gasteiger partial charge in [-0.3, -0.25) is 4.79 Å². The maximum Gasteiger partial charge on any atom is 0.255 e. The molecule has 6 heteroatoms. The highest BCUT2D eigenvalue weighted by Gasteiger charge is 2.13. The van der Waals surface area contributed by atoms with Crippen LogP contribution in [0.2, 0.25) is 0 Å². The van der Waals surface area contributed by atoms with Crippen LogP contribution in [0.5, 0.6) is 11.5 Å². The highest BCUT2D eigenvalue weighted by atomic mass is 16.5. The number of anilines is 1. The number of rotatable bonds is 5. The second-order valence-electron chi connectivity index (χ2n) is 5.66. The summed E-state index contributed by atoms with van der Waals surface area (Å²) in [6.07, 6.45) is 0.841. The number of ether oxygens (including phenoxy) is 2. The van der Waals surface area contributed by atoms with Crippen LogP contribution in [0.3, 0.4) is 0 Å². The van der Waals surface area contributed by atoms with Gasteiger partial charge >= 0.3 is 0 Å². The van der Waals surface area contributed by atoms with Gasteiger partial charge in [0.1, 0.15) is 17.3 Å². The fourth-order valence-electron chi connectivity index (χ4n) is 2.81. The molecule has 1 N–H and O–H groups in total. The molecule has 0 fully saturated rings. The molecule has 0 aliphatic rings. The summed E-state index contributed by atoms with van der Waals surface area (Å²) >= 11 is 0. The fourth-order valence-corrected chi connectivity index (χ4v) is 2.81. The molecule has 0 spiro atoms. The van der Waals surface area contributed by atoms with Gasteiger partial charge in [0, 0.05) is 25.1 Å². The minimum Gasteiger partial charge on any atom is -0.497 e. The largest absolute Gasteiger partial charge is 0.497 e. The number of nitrogens with zero attached hydrogens (tertiary/aromatic N) is 2. The van der Waals surface area contributed by atoms with Crippen LogP contribution >= 0.6 is 0 Å². The zero-order valence-electron chi connectivity index (χ0n) is 14.8. The average molecular weight is 339 g/mol. The van der Waals surface area contributed by atoms with Gasteiger partial charge in [-0.2, -0.15) is 0 Å². The molecule has 1 heterocycles. The molecule has 0 saturated heterocycles. The lowest BCUT2D eigenvalue weighted by Gasteiger charge is -2.11. The van der Waals surface area contributed by atoms with E-state index in [0.717, 1.165) is 23.3 Å². The van der Waals surface area contributed by atoms with Crippen LogP contribution in [0.4, 0.5) is 5.69 Å². The van der Waals surface area contributed by atoms with E-state index in [1.165, 1.54) is 0 Å². The van der Waals surface area contributed by atoms with Crippen LogP contribution in [-0.4, -0.2) is 29.7 Å². The highest BCUT2D eigenvalue weighted by Crippen LogP contribution is 2.29. The summed E-state index contributed by atoms with van der Waals surface area (Å²) in [6.45, 7) is 2.06. The minimum atomic E-state index is -0.225. The number of benzene rings is 2. The number of imidazole rings is 1. The average Bonchev–Trinajstić information content (AvgIpc) is 2.96. The van der Waals surface area contributed by atoms with Gasteiger partial charge in [-0.1, -0.05) is 6.92 Å². The lowest BCUT2D eigenvalue weighted by Crippen LogP contribution is -2.12. The Morgan fingerprint density at radius 1 is 1.16 bits per heavy atom. The van der Waals surface area contributed by atoms with Crippen molar-refractivity contribution in [2.75, 3.05) is 19.5 Å². The molecule has 1 aromatic heterocycles. The standard InChI is InChI=1S/C19H21N3O3/c1-5-18-20-14-10-12(6-8-16(14)22(18)2)19(23)21-15-11-13(24-3)7-9-17(15)25-4/h6-11H,5H2,1-4H3,(H,21,23). The Kier molecular flexibility index (Phi) is 4.61. The molecule has 0 bridgehead atoms. The van der Waals surface area contributed by atoms with E-state index in [9.17, 15) is 4.79 Å². The Morgan fingerprint density at radius 2 is 1.96 bits per heavy atom. The minimum absolute atomic E-state index is 0.225. The summed E-state index contributed by atoms with van der Waals surface area (Å²) < 4.78 is 12.6. The van der Waals surface area contributed by atoms with E-state index >= 15 is 0 Å². The van der Waals surface area contributed by atoms with Gasteiger partial charge in [0.05, 0.1) is 30.9 Å². The van der Waals surface area contributed by atoms with Crippen molar-refractivity contribution < 1.29 is 14.3 Å². The molecule has 3 aromatic rings. The van der Waals surface area contributed by atoms with Crippen molar-refractivity contribution in [1.29, 1.82) is 0 Å². The first-order valence-corrected chi connectivity index (χ1v) is 8.06. The number of fused-ring (bicyclic) bond motifs is 1. The molecule has 130 valence electrons. The topological polar surface area (TPSA) is 65.4 Å². The lowest BCUT2D eigenvalue weighted by molar-refractivity contribution is 0.102. The molecule has 0 saturated carbocycles. The van der Waals surface area contributed by atoms with Gasteiger partial charge in [-0.15, -0.1) is 0 Å². The van der Waals surface area contributed by atoms with E-state index in [4.69, 9.17) is 9.47 Å². The SMILES string of the molecule is CCc1nc2cc(C(=O)Nc3cc(OC)ccc3OC)ccc2n1C. The number of carbonyl (C=O) groups excluding carboxylic acids is 1. The first kappa shape index (κ1) is 16.8. The molecule has 0 radical (unpaired) electrons. The Hall–Kier alpha value is -3.02. The number of carbonyl (C=O) groups is 1. The van der Waals surface area contributed by atoms with Crippen molar-refractivity contribution in [3.8, 4) is 11.5 Å². The zero-order valence-corrected chi connectivity index (χ0v) is 14.8. The number of hydrogen-bond acceptors (Lipinski definition) is 4. The van der Waals surface area contributed by atoms with E-state index < -0.39 is 0 Å². The van der Waals surface area contributed by atoms with Crippen LogP contribution in [0.1, 0.15) is 23.1 Å². The summed E-state index contributed by atoms with van der Waals surface area (Å²) in [5.41, 5.74) is 2.91. The van der Waals surface area contributed by atoms with Crippen LogP contribution in [0.25, 0.3) is 11.0 Å². The van der Waals surface area contributed by atoms with Gasteiger partial charge in [0.2, 0.25) is 0 Å². The lowest BCUT2D eigenvalue weighted by atomic mass is 10.1. The predicted octanol–water partition coefficient (Wildman–Crippen LogP) is 3.41. The van der Waals surface area contributed by atoms with E-state index in [1.54, 1.807) is 44.6 Å². The second-order valence-corrected chi connectivity index (χ2v) is 5.66. The van der Waals surface area contributed by atoms with Crippen molar-refractivity contribution >= 4 is 22.6 Å². The smallest absolute Gasteiger partial charge is 0.255 e. The number of aryl methyl sites for hydroxylation is 2. The summed E-state index contributed by atoms with van der Waals surface area (Å²) in [6, 6.07) is 10.8. The molecule has 0 unspecified atom stereocenters. The summed E-state index contributed by atoms with van der Waals surface area (Å²) in [7, 11) is 5.12. The number of aromatic nitrogens is 2. The molecule has 3 rings (SSSR count). The first-order chi connectivity index (χ1) is 12.1. The van der Waals surface area contributed by atoms with Gasteiger partial charge in [0.25, 0.3) is 5.91 Å². The molecular formula is C19H21N3O3. The van der Waals surface area contributed by atoms with E-state index in [0.29, 0.717) is 22.7 Å². The molecule has 6 nitrogen and oxygen atoms in total. The predicted molar refractivity (Wildman–Crippen MR) is 97.6 cm³/mol.